The Morgan fingerprint density at radius 3 is 2.37 bits per heavy atom. The topological polar surface area (TPSA) is 174 Å². The first-order chi connectivity index (χ1) is 29.1. The number of carbonyl (C=O) groups excluding carboxylic acids is 5. The maximum atomic E-state index is 13.4. The van der Waals surface area contributed by atoms with Crippen LogP contribution in [0.25, 0.3) is 22.2 Å². The lowest BCUT2D eigenvalue weighted by Gasteiger charge is -2.49. The fraction of sp³-hybridized carbons (Fsp3) is 0.341. The molecule has 16 heteroatoms. The van der Waals surface area contributed by atoms with E-state index in [2.05, 4.69) is 70.7 Å². The van der Waals surface area contributed by atoms with Crippen molar-refractivity contribution in [1.82, 2.24) is 29.7 Å². The summed E-state index contributed by atoms with van der Waals surface area (Å²) in [6.07, 6.45) is 6.50. The zero-order valence-corrected chi connectivity index (χ0v) is 33.3. The second-order valence-electron chi connectivity index (χ2n) is 16.1. The van der Waals surface area contributed by atoms with Crippen molar-refractivity contribution in [1.29, 1.82) is 0 Å². The van der Waals surface area contributed by atoms with Crippen LogP contribution in [0, 0.1) is 0 Å². The Morgan fingerprint density at radius 2 is 1.62 bits per heavy atom. The van der Waals surface area contributed by atoms with Gasteiger partial charge in [0.2, 0.25) is 23.7 Å². The number of para-hydroxylation sites is 1. The largest absolute Gasteiger partial charge is 0.494 e. The third kappa shape index (κ3) is 6.66. The summed E-state index contributed by atoms with van der Waals surface area (Å²) in [7, 11) is 1.62. The summed E-state index contributed by atoms with van der Waals surface area (Å²) in [6.45, 7) is 6.07. The average molecular weight is 809 g/mol. The molecule has 5 amide bonds. The summed E-state index contributed by atoms with van der Waals surface area (Å²) in [5.41, 5.74) is 6.58. The molecule has 4 fully saturated rings. The molecule has 2 aromatic heterocycles. The number of aromatic nitrogens is 3. The van der Waals surface area contributed by atoms with E-state index >= 15 is 0 Å². The molecule has 5 aromatic rings. The molecular weight excluding hydrogens is 765 g/mol. The first-order valence-electron chi connectivity index (χ1n) is 20.4. The SMILES string of the molecule is COc1cc(N2CCN(C3CN(c4ccc5c(c4)C(=O)N(C4CCC(=O)NC4=O)C5=O)C3)CC2)c(NC(C)=O)cc1Nc1nccc(-c2cn(C3CC3)c3ccccc23)n1. The fourth-order valence-corrected chi connectivity index (χ4v) is 9.02. The molecule has 6 heterocycles. The number of nitrogens with one attached hydrogen (secondary N) is 3. The van der Waals surface area contributed by atoms with E-state index in [9.17, 15) is 24.0 Å². The van der Waals surface area contributed by atoms with Gasteiger partial charge in [-0.25, -0.2) is 9.97 Å². The van der Waals surface area contributed by atoms with Gasteiger partial charge in [-0.05, 0) is 55.7 Å². The van der Waals surface area contributed by atoms with Crippen LogP contribution in [0.4, 0.5) is 28.7 Å². The predicted molar refractivity (Wildman–Crippen MR) is 225 cm³/mol. The Labute approximate surface area is 345 Å². The number of fused-ring (bicyclic) bond motifs is 2. The Morgan fingerprint density at radius 1 is 0.833 bits per heavy atom. The van der Waals surface area contributed by atoms with Gasteiger partial charge in [-0.2, -0.15) is 0 Å². The lowest BCUT2D eigenvalue weighted by Crippen LogP contribution is -2.63. The second kappa shape index (κ2) is 14.8. The summed E-state index contributed by atoms with van der Waals surface area (Å²) < 4.78 is 8.25. The molecule has 4 aliphatic heterocycles. The molecule has 3 aromatic carbocycles. The number of amides is 5. The van der Waals surface area contributed by atoms with Crippen molar-refractivity contribution < 1.29 is 28.7 Å². The quantitative estimate of drug-likeness (QED) is 0.168. The van der Waals surface area contributed by atoms with Crippen LogP contribution in [0.2, 0.25) is 0 Å². The highest BCUT2D eigenvalue weighted by Crippen LogP contribution is 2.42. The molecule has 1 saturated carbocycles. The van der Waals surface area contributed by atoms with Crippen molar-refractivity contribution in [2.75, 3.05) is 66.8 Å². The van der Waals surface area contributed by atoms with Crippen molar-refractivity contribution in [2.24, 2.45) is 0 Å². The molecule has 306 valence electrons. The van der Waals surface area contributed by atoms with E-state index in [1.165, 1.54) is 25.3 Å². The van der Waals surface area contributed by atoms with Gasteiger partial charge in [0, 0.05) is 105 Å². The summed E-state index contributed by atoms with van der Waals surface area (Å²) in [4.78, 5) is 80.5. The van der Waals surface area contributed by atoms with E-state index in [4.69, 9.17) is 9.72 Å². The third-order valence-electron chi connectivity index (χ3n) is 12.3. The summed E-state index contributed by atoms with van der Waals surface area (Å²) in [5.74, 6) is -1.23. The standard InChI is InChI=1S/C44H44N10O6/c1-25(55)46-34-20-35(48-44-45-14-13-33(47-44)32-24-53(26-7-8-26)36-6-4-3-5-29(32)36)39(60-2)21-38(34)51-17-15-50(16-18-51)28-22-52(23-28)27-9-10-30-31(19-27)43(59)54(42(30)58)37-11-12-40(56)49-41(37)57/h3-6,9-10,13-14,19-21,24,26,28,37H,7-8,11-12,15-18,22-23H2,1-2H3,(H,46,55)(H,45,47,48)(H,49,56,57). The second-order valence-corrected chi connectivity index (χ2v) is 16.1. The van der Waals surface area contributed by atoms with Crippen LogP contribution < -0.4 is 30.5 Å². The number of benzene rings is 3. The molecule has 60 heavy (non-hydrogen) atoms. The predicted octanol–water partition coefficient (Wildman–Crippen LogP) is 4.56. The molecule has 0 radical (unpaired) electrons. The van der Waals surface area contributed by atoms with Gasteiger partial charge in [0.15, 0.2) is 0 Å². The van der Waals surface area contributed by atoms with Crippen molar-refractivity contribution in [3.05, 3.63) is 84.2 Å². The number of nitrogens with zero attached hydrogens (tertiary/aromatic N) is 7. The lowest BCUT2D eigenvalue weighted by atomic mass is 10.0. The molecule has 0 bridgehead atoms. The van der Waals surface area contributed by atoms with Crippen LogP contribution in [-0.2, 0) is 14.4 Å². The van der Waals surface area contributed by atoms with Crippen LogP contribution in [0.1, 0.15) is 59.4 Å². The van der Waals surface area contributed by atoms with Gasteiger partial charge in [-0.3, -0.25) is 39.1 Å². The highest BCUT2D eigenvalue weighted by molar-refractivity contribution is 6.23. The molecule has 5 aliphatic rings. The molecular formula is C44H44N10O6. The van der Waals surface area contributed by atoms with Crippen LogP contribution in [-0.4, -0.2) is 112 Å². The van der Waals surface area contributed by atoms with Crippen LogP contribution in [0.5, 0.6) is 5.75 Å². The van der Waals surface area contributed by atoms with Gasteiger partial charge < -0.3 is 29.7 Å². The zero-order chi connectivity index (χ0) is 41.2. The van der Waals surface area contributed by atoms with E-state index in [1.807, 2.05) is 24.3 Å². The number of hydrogen-bond acceptors (Lipinski definition) is 12. The molecule has 3 saturated heterocycles. The number of imide groups is 2. The monoisotopic (exact) mass is 808 g/mol. The number of carbonyl (C=O) groups is 5. The van der Waals surface area contributed by atoms with Crippen molar-refractivity contribution >= 4 is 69.1 Å². The van der Waals surface area contributed by atoms with Gasteiger partial charge in [0.1, 0.15) is 11.8 Å². The number of methoxy groups -OCH3 is 1. The van der Waals surface area contributed by atoms with Gasteiger partial charge in [0.25, 0.3) is 11.8 Å². The Balaban J connectivity index is 0.806. The van der Waals surface area contributed by atoms with Crippen molar-refractivity contribution in [2.45, 2.75) is 50.7 Å². The molecule has 1 atom stereocenters. The molecule has 10 rings (SSSR count). The maximum Gasteiger partial charge on any atom is 0.262 e. The molecule has 1 unspecified atom stereocenters. The average Bonchev–Trinajstić information content (AvgIpc) is 3.95. The van der Waals surface area contributed by atoms with Gasteiger partial charge >= 0.3 is 0 Å². The number of piperazine rings is 1. The molecule has 0 spiro atoms. The highest BCUT2D eigenvalue weighted by atomic mass is 16.5. The minimum Gasteiger partial charge on any atom is -0.494 e. The van der Waals surface area contributed by atoms with Gasteiger partial charge in [-0.15, -0.1) is 0 Å². The fourth-order valence-electron chi connectivity index (χ4n) is 9.02. The minimum absolute atomic E-state index is 0.0766. The molecule has 16 nitrogen and oxygen atoms in total. The number of hydrogen-bond donors (Lipinski definition) is 3. The van der Waals surface area contributed by atoms with Crippen molar-refractivity contribution in [3.8, 4) is 17.0 Å². The first-order valence-corrected chi connectivity index (χ1v) is 20.4. The van der Waals surface area contributed by atoms with E-state index in [1.54, 1.807) is 25.4 Å². The van der Waals surface area contributed by atoms with E-state index in [-0.39, 0.29) is 29.9 Å². The number of piperidine rings is 1. The summed E-state index contributed by atoms with van der Waals surface area (Å²) in [6, 6.07) is 19.2. The van der Waals surface area contributed by atoms with Crippen LogP contribution in [0.15, 0.2) is 73.1 Å². The van der Waals surface area contributed by atoms with E-state index in [0.29, 0.717) is 35.2 Å². The Kier molecular flexibility index (Phi) is 9.23. The van der Waals surface area contributed by atoms with E-state index in [0.717, 1.165) is 72.2 Å². The number of anilines is 5. The third-order valence-corrected chi connectivity index (χ3v) is 12.3. The highest BCUT2D eigenvalue weighted by Gasteiger charge is 2.45. The molecule has 3 N–H and O–H groups in total. The van der Waals surface area contributed by atoms with Gasteiger partial charge in [0.05, 0.1) is 41.0 Å². The van der Waals surface area contributed by atoms with Crippen molar-refractivity contribution in [3.63, 3.8) is 0 Å². The van der Waals surface area contributed by atoms with Crippen LogP contribution in [0.3, 0.4) is 0 Å². The molecule has 1 aliphatic carbocycles. The Hall–Kier alpha value is -6.81. The maximum absolute atomic E-state index is 13.4. The summed E-state index contributed by atoms with van der Waals surface area (Å²) >= 11 is 0. The summed E-state index contributed by atoms with van der Waals surface area (Å²) in [5, 5.41) is 9.78. The van der Waals surface area contributed by atoms with Gasteiger partial charge in [-0.1, -0.05) is 18.2 Å². The first kappa shape index (κ1) is 37.5. The Bertz CT molecular complexity index is 2610. The van der Waals surface area contributed by atoms with E-state index < -0.39 is 29.7 Å². The normalized spacial score (nSPS) is 19.7. The number of ether oxygens (including phenoxy) is 1. The van der Waals surface area contributed by atoms with Crippen LogP contribution >= 0.6 is 0 Å². The lowest BCUT2D eigenvalue weighted by molar-refractivity contribution is -0.136. The smallest absolute Gasteiger partial charge is 0.262 e. The minimum atomic E-state index is -0.995. The zero-order valence-electron chi connectivity index (χ0n) is 33.3. The number of rotatable bonds is 10.